The predicted molar refractivity (Wildman–Crippen MR) is 40.4 cm³/mol. The van der Waals surface area contributed by atoms with Crippen LogP contribution in [0.1, 0.15) is 0 Å². The second-order valence-electron chi connectivity index (χ2n) is 1.62. The molecule has 52 valence electrons. The fourth-order valence-electron chi connectivity index (χ4n) is 0.670. The Kier molecular flexibility index (Phi) is 1.35. The molecule has 0 saturated carbocycles. The number of aromatic nitrogens is 4. The predicted octanol–water partition coefficient (Wildman–Crippen LogP) is 0.908. The average molecular weight is 172 g/mol. The SMILES string of the molecule is CSc1nnc2scnn12. The van der Waals surface area contributed by atoms with Crippen LogP contribution in [0.3, 0.4) is 0 Å². The van der Waals surface area contributed by atoms with E-state index in [4.69, 9.17) is 0 Å². The summed E-state index contributed by atoms with van der Waals surface area (Å²) >= 11 is 3.03. The highest BCUT2D eigenvalue weighted by Gasteiger charge is 2.03. The third kappa shape index (κ3) is 0.723. The van der Waals surface area contributed by atoms with Crippen molar-refractivity contribution in [3.8, 4) is 0 Å². The molecule has 2 aromatic heterocycles. The minimum atomic E-state index is 0.844. The van der Waals surface area contributed by atoms with Crippen molar-refractivity contribution in [1.82, 2.24) is 19.8 Å². The standard InChI is InChI=1S/C4H4N4S2/c1-9-3-6-7-4-8(3)5-2-10-4/h2H,1H3. The lowest BCUT2D eigenvalue weighted by atomic mass is 11.2. The Morgan fingerprint density at radius 1 is 1.60 bits per heavy atom. The first-order valence-electron chi connectivity index (χ1n) is 2.60. The summed E-state index contributed by atoms with van der Waals surface area (Å²) in [6, 6.07) is 0. The van der Waals surface area contributed by atoms with Crippen molar-refractivity contribution in [1.29, 1.82) is 0 Å². The third-order valence-corrected chi connectivity index (χ3v) is 2.37. The molecule has 0 aromatic carbocycles. The molecule has 4 nitrogen and oxygen atoms in total. The molecule has 0 fully saturated rings. The monoisotopic (exact) mass is 172 g/mol. The van der Waals surface area contributed by atoms with Gasteiger partial charge >= 0.3 is 0 Å². The summed E-state index contributed by atoms with van der Waals surface area (Å²) in [4.78, 5) is 0.851. The van der Waals surface area contributed by atoms with Crippen LogP contribution in [0.4, 0.5) is 0 Å². The molecule has 0 amide bonds. The normalized spacial score (nSPS) is 10.9. The highest BCUT2D eigenvalue weighted by atomic mass is 32.2. The second kappa shape index (κ2) is 2.21. The van der Waals surface area contributed by atoms with Gasteiger partial charge in [-0.3, -0.25) is 0 Å². The van der Waals surface area contributed by atoms with Crippen molar-refractivity contribution in [3.05, 3.63) is 5.51 Å². The first-order chi connectivity index (χ1) is 4.92. The third-order valence-electron chi connectivity index (χ3n) is 1.09. The Morgan fingerprint density at radius 2 is 2.50 bits per heavy atom. The maximum Gasteiger partial charge on any atom is 0.235 e. The van der Waals surface area contributed by atoms with E-state index in [-0.39, 0.29) is 0 Å². The van der Waals surface area contributed by atoms with E-state index in [1.165, 1.54) is 11.3 Å². The minimum Gasteiger partial charge on any atom is -0.177 e. The fourth-order valence-corrected chi connectivity index (χ4v) is 1.71. The number of fused-ring (bicyclic) bond motifs is 1. The van der Waals surface area contributed by atoms with Crippen molar-refractivity contribution in [2.24, 2.45) is 0 Å². The van der Waals surface area contributed by atoms with E-state index in [1.807, 2.05) is 6.26 Å². The number of thioether (sulfide) groups is 1. The fraction of sp³-hybridized carbons (Fsp3) is 0.250. The lowest BCUT2D eigenvalue weighted by molar-refractivity contribution is 0.825. The van der Waals surface area contributed by atoms with Gasteiger partial charge in [-0.2, -0.15) is 9.61 Å². The van der Waals surface area contributed by atoms with Gasteiger partial charge in [-0.05, 0) is 6.26 Å². The molecule has 0 saturated heterocycles. The van der Waals surface area contributed by atoms with Gasteiger partial charge in [-0.15, -0.1) is 10.2 Å². The van der Waals surface area contributed by atoms with Crippen LogP contribution in [-0.4, -0.2) is 26.1 Å². The van der Waals surface area contributed by atoms with Gasteiger partial charge in [0.15, 0.2) is 0 Å². The van der Waals surface area contributed by atoms with Gasteiger partial charge in [0.1, 0.15) is 5.51 Å². The van der Waals surface area contributed by atoms with Crippen LogP contribution in [0.5, 0.6) is 0 Å². The molecule has 0 aliphatic carbocycles. The molecular weight excluding hydrogens is 168 g/mol. The summed E-state index contributed by atoms with van der Waals surface area (Å²) in [6.07, 6.45) is 1.95. The number of rotatable bonds is 1. The van der Waals surface area contributed by atoms with Crippen LogP contribution >= 0.6 is 23.1 Å². The molecule has 0 atom stereocenters. The van der Waals surface area contributed by atoms with Crippen LogP contribution < -0.4 is 0 Å². The maximum atomic E-state index is 4.04. The lowest BCUT2D eigenvalue weighted by Crippen LogP contribution is -1.84. The second-order valence-corrected chi connectivity index (χ2v) is 3.20. The molecule has 0 N–H and O–H groups in total. The van der Waals surface area contributed by atoms with Crippen LogP contribution in [0, 0.1) is 0 Å². The van der Waals surface area contributed by atoms with Crippen LogP contribution in [0.25, 0.3) is 4.96 Å². The summed E-state index contributed by atoms with van der Waals surface area (Å²) in [5.41, 5.74) is 1.75. The minimum absolute atomic E-state index is 0.844. The van der Waals surface area contributed by atoms with Crippen molar-refractivity contribution >= 4 is 28.1 Å². The van der Waals surface area contributed by atoms with E-state index in [0.717, 1.165) is 10.1 Å². The van der Waals surface area contributed by atoms with E-state index in [9.17, 15) is 0 Å². The van der Waals surface area contributed by atoms with Gasteiger partial charge in [-0.1, -0.05) is 23.1 Å². The molecule has 0 bridgehead atoms. The van der Waals surface area contributed by atoms with Crippen molar-refractivity contribution in [2.75, 3.05) is 6.26 Å². The Labute approximate surface area is 65.3 Å². The Morgan fingerprint density at radius 3 is 3.30 bits per heavy atom. The van der Waals surface area contributed by atoms with Crippen LogP contribution in [0.2, 0.25) is 0 Å². The first-order valence-corrected chi connectivity index (χ1v) is 4.71. The van der Waals surface area contributed by atoms with Crippen LogP contribution in [-0.2, 0) is 0 Å². The zero-order valence-electron chi connectivity index (χ0n) is 5.18. The van der Waals surface area contributed by atoms with Crippen molar-refractivity contribution in [2.45, 2.75) is 5.16 Å². The van der Waals surface area contributed by atoms with Crippen molar-refractivity contribution < 1.29 is 0 Å². The highest BCUT2D eigenvalue weighted by Crippen LogP contribution is 2.14. The smallest absolute Gasteiger partial charge is 0.177 e. The van der Waals surface area contributed by atoms with Gasteiger partial charge in [-0.25, -0.2) is 0 Å². The summed E-state index contributed by atoms with van der Waals surface area (Å²) in [5, 5.41) is 12.7. The summed E-state index contributed by atoms with van der Waals surface area (Å²) in [6.45, 7) is 0. The average Bonchev–Trinajstić information content (AvgIpc) is 2.44. The molecule has 0 radical (unpaired) electrons. The molecule has 2 heterocycles. The summed E-state index contributed by atoms with van der Waals surface area (Å²) < 4.78 is 1.73. The summed E-state index contributed by atoms with van der Waals surface area (Å²) in [7, 11) is 0. The van der Waals surface area contributed by atoms with Gasteiger partial charge < -0.3 is 0 Å². The number of hydrogen-bond donors (Lipinski definition) is 0. The van der Waals surface area contributed by atoms with Crippen molar-refractivity contribution in [3.63, 3.8) is 0 Å². The largest absolute Gasteiger partial charge is 0.235 e. The quantitative estimate of drug-likeness (QED) is 0.600. The number of hydrogen-bond acceptors (Lipinski definition) is 5. The van der Waals surface area contributed by atoms with E-state index >= 15 is 0 Å². The zero-order chi connectivity index (χ0) is 6.97. The molecule has 10 heavy (non-hydrogen) atoms. The van der Waals surface area contributed by atoms with E-state index < -0.39 is 0 Å². The molecule has 0 aliphatic rings. The number of nitrogens with zero attached hydrogens (tertiary/aromatic N) is 4. The lowest BCUT2D eigenvalue weighted by Gasteiger charge is -1.83. The first kappa shape index (κ1) is 6.11. The summed E-state index contributed by atoms with van der Waals surface area (Å²) in [5.74, 6) is 0. The van der Waals surface area contributed by atoms with E-state index in [2.05, 4.69) is 15.3 Å². The van der Waals surface area contributed by atoms with Crippen LogP contribution in [0.15, 0.2) is 10.7 Å². The molecule has 0 aliphatic heterocycles. The Bertz CT molecular complexity index is 338. The molecule has 2 rings (SSSR count). The molecule has 0 spiro atoms. The van der Waals surface area contributed by atoms with E-state index in [0.29, 0.717) is 0 Å². The Balaban J connectivity index is 2.76. The highest BCUT2D eigenvalue weighted by molar-refractivity contribution is 7.98. The molecule has 2 aromatic rings. The van der Waals surface area contributed by atoms with E-state index in [1.54, 1.807) is 21.8 Å². The van der Waals surface area contributed by atoms with Gasteiger partial charge in [0.25, 0.3) is 0 Å². The van der Waals surface area contributed by atoms with Gasteiger partial charge in [0, 0.05) is 0 Å². The zero-order valence-corrected chi connectivity index (χ0v) is 6.82. The molecular formula is C4H4N4S2. The van der Waals surface area contributed by atoms with Gasteiger partial charge in [0.05, 0.1) is 0 Å². The topological polar surface area (TPSA) is 43.1 Å². The Hall–Kier alpha value is -0.620. The molecule has 6 heteroatoms. The van der Waals surface area contributed by atoms with Gasteiger partial charge in [0.2, 0.25) is 10.1 Å². The molecule has 0 unspecified atom stereocenters. The maximum absolute atomic E-state index is 4.04.